The van der Waals surface area contributed by atoms with Gasteiger partial charge in [-0.2, -0.15) is 5.10 Å². The number of carbonyl (C=O) groups is 1. The van der Waals surface area contributed by atoms with Crippen LogP contribution >= 0.6 is 0 Å². The van der Waals surface area contributed by atoms with Crippen LogP contribution in [0.1, 0.15) is 42.2 Å². The Bertz CT molecular complexity index is 1170. The summed E-state index contributed by atoms with van der Waals surface area (Å²) in [6, 6.07) is 3.40. The third-order valence-electron chi connectivity index (χ3n) is 6.47. The van der Waals surface area contributed by atoms with E-state index < -0.39 is 0 Å². The largest absolute Gasteiger partial charge is 0.349 e. The van der Waals surface area contributed by atoms with E-state index >= 15 is 0 Å². The quantitative estimate of drug-likeness (QED) is 0.616. The number of rotatable bonds is 0. The van der Waals surface area contributed by atoms with E-state index in [9.17, 15) is 9.18 Å². The van der Waals surface area contributed by atoms with E-state index in [1.807, 2.05) is 19.2 Å². The average Bonchev–Trinajstić information content (AvgIpc) is 3.18. The molecule has 8 nitrogen and oxygen atoms in total. The Kier molecular flexibility index (Phi) is 3.60. The molecule has 1 saturated heterocycles. The van der Waals surface area contributed by atoms with Crippen molar-refractivity contribution in [3.63, 3.8) is 0 Å². The topological polar surface area (TPSA) is 78.7 Å². The van der Waals surface area contributed by atoms with Gasteiger partial charge in [-0.1, -0.05) is 0 Å². The molecule has 2 fully saturated rings. The smallest absolute Gasteiger partial charge is 0.256 e. The van der Waals surface area contributed by atoms with Gasteiger partial charge in [-0.15, -0.1) is 0 Å². The predicted molar refractivity (Wildman–Crippen MR) is 109 cm³/mol. The molecule has 2 bridgehead atoms. The second kappa shape index (κ2) is 6.13. The van der Waals surface area contributed by atoms with Gasteiger partial charge in [-0.3, -0.25) is 19.8 Å². The minimum absolute atomic E-state index is 0.0689. The zero-order valence-electron chi connectivity index (χ0n) is 16.7. The fraction of sp³-hybridized carbons (Fsp3) is 0.429. The van der Waals surface area contributed by atoms with E-state index in [-0.39, 0.29) is 23.2 Å². The summed E-state index contributed by atoms with van der Waals surface area (Å²) in [7, 11) is 0. The van der Waals surface area contributed by atoms with E-state index in [4.69, 9.17) is 4.98 Å². The molecule has 1 saturated carbocycles. The maximum absolute atomic E-state index is 14.2. The first kappa shape index (κ1) is 17.6. The van der Waals surface area contributed by atoms with Crippen LogP contribution < -0.4 is 15.3 Å². The summed E-state index contributed by atoms with van der Waals surface area (Å²) < 4.78 is 15.9. The molecule has 0 radical (unpaired) electrons. The van der Waals surface area contributed by atoms with Gasteiger partial charge in [0, 0.05) is 42.9 Å². The highest BCUT2D eigenvalue weighted by Gasteiger charge is 2.52. The summed E-state index contributed by atoms with van der Waals surface area (Å²) >= 11 is 0. The third kappa shape index (κ3) is 2.72. The SMILES string of the molecule is CC1CCc2ncc(F)cc2N2CC3(CC3)CN2c2ccn3ncc(c3n2)C(=O)N1. The lowest BCUT2D eigenvalue weighted by Crippen LogP contribution is -2.38. The predicted octanol–water partition coefficient (Wildman–Crippen LogP) is 2.35. The lowest BCUT2D eigenvalue weighted by molar-refractivity contribution is 0.0940. The first-order chi connectivity index (χ1) is 14.5. The lowest BCUT2D eigenvalue weighted by atomic mass is 10.1. The molecule has 30 heavy (non-hydrogen) atoms. The van der Waals surface area contributed by atoms with Gasteiger partial charge in [-0.05, 0) is 32.6 Å². The highest BCUT2D eigenvalue weighted by Crippen LogP contribution is 2.52. The van der Waals surface area contributed by atoms with E-state index in [1.54, 1.807) is 16.8 Å². The molecule has 9 heteroatoms. The second-order valence-electron chi connectivity index (χ2n) is 8.76. The number of nitrogens with one attached hydrogen (secondary N) is 1. The molecule has 1 atom stereocenters. The van der Waals surface area contributed by atoms with E-state index in [2.05, 4.69) is 25.4 Å². The van der Waals surface area contributed by atoms with Crippen molar-refractivity contribution in [1.82, 2.24) is 24.9 Å². The van der Waals surface area contributed by atoms with Gasteiger partial charge in [0.25, 0.3) is 5.91 Å². The summed E-state index contributed by atoms with van der Waals surface area (Å²) in [5.41, 5.74) is 2.81. The summed E-state index contributed by atoms with van der Waals surface area (Å²) in [4.78, 5) is 22.1. The molecule has 5 heterocycles. The minimum Gasteiger partial charge on any atom is -0.349 e. The number of nitrogens with zero attached hydrogens (tertiary/aromatic N) is 6. The van der Waals surface area contributed by atoms with Crippen LogP contribution in [-0.4, -0.2) is 44.6 Å². The molecule has 1 aliphatic carbocycles. The van der Waals surface area contributed by atoms with E-state index in [1.165, 1.54) is 6.20 Å². The molecule has 1 unspecified atom stereocenters. The Morgan fingerprint density at radius 1 is 1.23 bits per heavy atom. The molecule has 0 aromatic carbocycles. The fourth-order valence-corrected chi connectivity index (χ4v) is 4.53. The van der Waals surface area contributed by atoms with Gasteiger partial charge in [0.15, 0.2) is 11.5 Å². The van der Waals surface area contributed by atoms with Crippen LogP contribution in [0, 0.1) is 11.2 Å². The number of aryl methyl sites for hydroxylation is 1. The molecule has 3 aromatic rings. The number of carbonyl (C=O) groups excluding carboxylic acids is 1. The van der Waals surface area contributed by atoms with Crippen molar-refractivity contribution in [2.75, 3.05) is 23.1 Å². The highest BCUT2D eigenvalue weighted by atomic mass is 19.1. The molecule has 2 aliphatic heterocycles. The number of hydrogen-bond donors (Lipinski definition) is 1. The van der Waals surface area contributed by atoms with Crippen molar-refractivity contribution in [2.24, 2.45) is 5.41 Å². The molecule has 1 N–H and O–H groups in total. The number of amides is 1. The molecule has 1 spiro atoms. The Morgan fingerprint density at radius 3 is 2.90 bits per heavy atom. The van der Waals surface area contributed by atoms with Crippen LogP contribution in [0.2, 0.25) is 0 Å². The van der Waals surface area contributed by atoms with Gasteiger partial charge in [0.1, 0.15) is 11.4 Å². The van der Waals surface area contributed by atoms with Crippen molar-refractivity contribution in [1.29, 1.82) is 0 Å². The summed E-state index contributed by atoms with van der Waals surface area (Å²) in [6.45, 7) is 3.60. The number of aromatic nitrogens is 4. The molecule has 154 valence electrons. The number of halogens is 1. The first-order valence-corrected chi connectivity index (χ1v) is 10.4. The standard InChI is InChI=1S/C21H22FN7O/c1-13-2-3-16-17(8-14(22)9-23-16)28-11-21(5-6-21)12-29(28)18-4-7-27-19(26-18)15(10-24-27)20(30)25-13/h4,7-10,13H,2-3,5-6,11-12H2,1H3,(H,25,30). The number of anilines is 2. The van der Waals surface area contributed by atoms with Crippen LogP contribution in [0.3, 0.4) is 0 Å². The van der Waals surface area contributed by atoms with Crippen molar-refractivity contribution < 1.29 is 9.18 Å². The fourth-order valence-electron chi connectivity index (χ4n) is 4.53. The molecule has 3 aromatic heterocycles. The summed E-state index contributed by atoms with van der Waals surface area (Å²) in [5.74, 6) is 0.187. The zero-order valence-corrected chi connectivity index (χ0v) is 16.7. The minimum atomic E-state index is -0.349. The van der Waals surface area contributed by atoms with Crippen LogP contribution in [0.5, 0.6) is 0 Å². The number of hydrazine groups is 1. The number of hydrogen-bond acceptors (Lipinski definition) is 6. The number of pyridine rings is 1. The monoisotopic (exact) mass is 407 g/mol. The zero-order chi connectivity index (χ0) is 20.5. The van der Waals surface area contributed by atoms with Crippen LogP contribution in [0.4, 0.5) is 15.9 Å². The van der Waals surface area contributed by atoms with E-state index in [0.29, 0.717) is 24.1 Å². The normalized spacial score (nSPS) is 22.3. The average molecular weight is 407 g/mol. The Hall–Kier alpha value is -3.23. The number of fused-ring (bicyclic) bond motifs is 5. The van der Waals surface area contributed by atoms with Crippen molar-refractivity contribution in [3.8, 4) is 0 Å². The van der Waals surface area contributed by atoms with Gasteiger partial charge < -0.3 is 5.32 Å². The molecule has 1 amide bonds. The second-order valence-corrected chi connectivity index (χ2v) is 8.76. The Morgan fingerprint density at radius 2 is 2.07 bits per heavy atom. The summed E-state index contributed by atoms with van der Waals surface area (Å²) in [5, 5.41) is 11.6. The first-order valence-electron chi connectivity index (χ1n) is 10.4. The molecule has 3 aliphatic rings. The maximum atomic E-state index is 14.2. The molecular weight excluding hydrogens is 385 g/mol. The van der Waals surface area contributed by atoms with Gasteiger partial charge in [0.05, 0.1) is 23.8 Å². The van der Waals surface area contributed by atoms with Crippen molar-refractivity contribution >= 4 is 23.1 Å². The van der Waals surface area contributed by atoms with Crippen molar-refractivity contribution in [2.45, 2.75) is 38.6 Å². The molecule has 6 rings (SSSR count). The van der Waals surface area contributed by atoms with Crippen LogP contribution in [0.25, 0.3) is 5.65 Å². The summed E-state index contributed by atoms with van der Waals surface area (Å²) in [6.07, 6.45) is 8.29. The van der Waals surface area contributed by atoms with Gasteiger partial charge in [0.2, 0.25) is 0 Å². The van der Waals surface area contributed by atoms with Gasteiger partial charge in [-0.25, -0.2) is 13.9 Å². The van der Waals surface area contributed by atoms with E-state index in [0.717, 1.165) is 43.1 Å². The van der Waals surface area contributed by atoms with Crippen LogP contribution in [0.15, 0.2) is 30.7 Å². The Labute approximate surface area is 172 Å². The highest BCUT2D eigenvalue weighted by molar-refractivity contribution is 6.00. The Balaban J connectivity index is 1.55. The van der Waals surface area contributed by atoms with Crippen LogP contribution in [-0.2, 0) is 6.42 Å². The van der Waals surface area contributed by atoms with Crippen molar-refractivity contribution in [3.05, 3.63) is 47.8 Å². The maximum Gasteiger partial charge on any atom is 0.256 e. The van der Waals surface area contributed by atoms with Gasteiger partial charge >= 0.3 is 0 Å². The molecular formula is C21H22FN7O. The third-order valence-corrected chi connectivity index (χ3v) is 6.47. The lowest BCUT2D eigenvalue weighted by Gasteiger charge is -2.31.